The largest absolute Gasteiger partial charge is 0.416 e. The van der Waals surface area contributed by atoms with Crippen LogP contribution in [-0.4, -0.2) is 21.2 Å². The number of aromatic nitrogens is 2. The van der Waals surface area contributed by atoms with Crippen molar-refractivity contribution in [2.24, 2.45) is 0 Å². The fourth-order valence-electron chi connectivity index (χ4n) is 3.66. The van der Waals surface area contributed by atoms with Crippen LogP contribution in [0.4, 0.5) is 18.9 Å². The van der Waals surface area contributed by atoms with E-state index in [4.69, 9.17) is 0 Å². The third-order valence-corrected chi connectivity index (χ3v) is 7.06. The summed E-state index contributed by atoms with van der Waals surface area (Å²) in [7, 11) is 0. The van der Waals surface area contributed by atoms with Crippen molar-refractivity contribution in [3.05, 3.63) is 74.0 Å². The van der Waals surface area contributed by atoms with Gasteiger partial charge in [0.15, 0.2) is 0 Å². The number of rotatable bonds is 6. The second-order valence-electron chi connectivity index (χ2n) is 7.41. The third kappa shape index (κ3) is 5.24. The summed E-state index contributed by atoms with van der Waals surface area (Å²) in [4.78, 5) is 30.4. The van der Waals surface area contributed by atoms with E-state index in [-0.39, 0.29) is 23.0 Å². The van der Waals surface area contributed by atoms with Gasteiger partial charge in [0.2, 0.25) is 5.91 Å². The van der Waals surface area contributed by atoms with Crippen LogP contribution in [0.5, 0.6) is 0 Å². The van der Waals surface area contributed by atoms with E-state index >= 15 is 0 Å². The van der Waals surface area contributed by atoms with E-state index in [9.17, 15) is 22.8 Å². The molecule has 0 saturated carbocycles. The van der Waals surface area contributed by atoms with Gasteiger partial charge in [-0.3, -0.25) is 9.36 Å². The lowest BCUT2D eigenvalue weighted by molar-refractivity contribution is -0.137. The number of carbonyl (C=O) groups excluding carboxylic acids is 1. The molecule has 2 aromatic heterocycles. The van der Waals surface area contributed by atoms with Crippen LogP contribution in [-0.2, 0) is 30.4 Å². The molecule has 5 nitrogen and oxygen atoms in total. The topological polar surface area (TPSA) is 64.0 Å². The molecule has 1 aromatic carbocycles. The van der Waals surface area contributed by atoms with Gasteiger partial charge < -0.3 is 5.32 Å². The lowest BCUT2D eigenvalue weighted by Crippen LogP contribution is -2.30. The molecule has 1 N–H and O–H groups in total. The Hall–Kier alpha value is -2.59. The Morgan fingerprint density at radius 2 is 1.91 bits per heavy atom. The standard InChI is InChI=1S/C22H20F3N3O2S2/c23-22(24,25)14-7-9-15(10-8-14)26-19(29)13-32-20-17-5-1-2-6-18(17)28(21(30)27-20)12-16-4-3-11-31-16/h3-4,7-11H,1-2,5-6,12-13H2,(H,26,29). The van der Waals surface area contributed by atoms with Crippen molar-refractivity contribution in [2.45, 2.75) is 43.4 Å². The van der Waals surface area contributed by atoms with Crippen LogP contribution in [0.3, 0.4) is 0 Å². The highest BCUT2D eigenvalue weighted by Crippen LogP contribution is 2.31. The molecule has 3 aromatic rings. The molecule has 0 bridgehead atoms. The third-order valence-electron chi connectivity index (χ3n) is 5.18. The Bertz CT molecular complexity index is 1160. The number of nitrogens with zero attached hydrogens (tertiary/aromatic N) is 2. The lowest BCUT2D eigenvalue weighted by atomic mass is 9.97. The molecule has 0 fully saturated rings. The SMILES string of the molecule is O=C(CSc1nc(=O)n(Cc2cccs2)c2c1CCCC2)Nc1ccc(C(F)(F)F)cc1. The molecular formula is C22H20F3N3O2S2. The van der Waals surface area contributed by atoms with E-state index in [1.165, 1.54) is 23.9 Å². The maximum absolute atomic E-state index is 12.7. The minimum absolute atomic E-state index is 0.00877. The Morgan fingerprint density at radius 3 is 2.59 bits per heavy atom. The summed E-state index contributed by atoms with van der Waals surface area (Å²) in [6.45, 7) is 0.491. The Morgan fingerprint density at radius 1 is 1.16 bits per heavy atom. The number of hydrogen-bond donors (Lipinski definition) is 1. The van der Waals surface area contributed by atoms with Gasteiger partial charge in [0, 0.05) is 21.8 Å². The average Bonchev–Trinajstić information content (AvgIpc) is 3.27. The second-order valence-corrected chi connectivity index (χ2v) is 9.41. The number of thiophene rings is 1. The zero-order valence-electron chi connectivity index (χ0n) is 16.9. The van der Waals surface area contributed by atoms with Crippen LogP contribution in [0.15, 0.2) is 51.6 Å². The van der Waals surface area contributed by atoms with E-state index in [0.717, 1.165) is 54.0 Å². The summed E-state index contributed by atoms with van der Waals surface area (Å²) in [5.74, 6) is -0.363. The van der Waals surface area contributed by atoms with Gasteiger partial charge in [-0.15, -0.1) is 11.3 Å². The number of alkyl halides is 3. The Balaban J connectivity index is 1.46. The highest BCUT2D eigenvalue weighted by molar-refractivity contribution is 8.00. The fourth-order valence-corrected chi connectivity index (χ4v) is 5.23. The van der Waals surface area contributed by atoms with Crippen molar-refractivity contribution < 1.29 is 18.0 Å². The first kappa shape index (κ1) is 22.6. The molecule has 0 unspecified atom stereocenters. The smallest absolute Gasteiger partial charge is 0.325 e. The summed E-state index contributed by atoms with van der Waals surface area (Å²) >= 11 is 2.78. The van der Waals surface area contributed by atoms with E-state index in [2.05, 4.69) is 10.3 Å². The van der Waals surface area contributed by atoms with Gasteiger partial charge in [0.05, 0.1) is 17.9 Å². The zero-order chi connectivity index (χ0) is 22.7. The molecule has 0 spiro atoms. The zero-order valence-corrected chi connectivity index (χ0v) is 18.6. The van der Waals surface area contributed by atoms with E-state index in [1.807, 2.05) is 17.5 Å². The van der Waals surface area contributed by atoms with E-state index in [0.29, 0.717) is 11.6 Å². The van der Waals surface area contributed by atoms with Crippen LogP contribution in [0.2, 0.25) is 0 Å². The molecule has 10 heteroatoms. The summed E-state index contributed by atoms with van der Waals surface area (Å²) in [5.41, 5.74) is 1.17. The molecule has 1 aliphatic rings. The van der Waals surface area contributed by atoms with Gasteiger partial charge in [0.25, 0.3) is 0 Å². The first-order valence-corrected chi connectivity index (χ1v) is 11.9. The van der Waals surface area contributed by atoms with Gasteiger partial charge in [-0.25, -0.2) is 4.79 Å². The monoisotopic (exact) mass is 479 g/mol. The molecule has 2 heterocycles. The molecule has 1 aliphatic carbocycles. The first-order chi connectivity index (χ1) is 15.3. The van der Waals surface area contributed by atoms with Crippen molar-refractivity contribution in [3.63, 3.8) is 0 Å². The van der Waals surface area contributed by atoms with Crippen molar-refractivity contribution in [2.75, 3.05) is 11.1 Å². The first-order valence-electron chi connectivity index (χ1n) is 10.1. The summed E-state index contributed by atoms with van der Waals surface area (Å²) in [6, 6.07) is 8.22. The molecule has 168 valence electrons. The van der Waals surface area contributed by atoms with Gasteiger partial charge in [-0.05, 0) is 61.4 Å². The summed E-state index contributed by atoms with van der Waals surface area (Å²) < 4.78 is 39.7. The molecule has 1 amide bonds. The number of amides is 1. The predicted octanol–water partition coefficient (Wildman–Crippen LogP) is 4.98. The number of halogens is 3. The van der Waals surface area contributed by atoms with Crippen molar-refractivity contribution in [1.82, 2.24) is 9.55 Å². The van der Waals surface area contributed by atoms with Crippen molar-refractivity contribution >= 4 is 34.7 Å². The van der Waals surface area contributed by atoms with Gasteiger partial charge >= 0.3 is 11.9 Å². The number of benzene rings is 1. The van der Waals surface area contributed by atoms with Crippen LogP contribution < -0.4 is 11.0 Å². The second kappa shape index (κ2) is 9.50. The average molecular weight is 480 g/mol. The summed E-state index contributed by atoms with van der Waals surface area (Å²) in [6.07, 6.45) is -0.830. The molecule has 4 rings (SSSR count). The maximum atomic E-state index is 12.7. The highest BCUT2D eigenvalue weighted by Gasteiger charge is 2.30. The lowest BCUT2D eigenvalue weighted by Gasteiger charge is -2.22. The molecule has 0 atom stereocenters. The molecule has 0 saturated heterocycles. The minimum atomic E-state index is -4.42. The van der Waals surface area contributed by atoms with Crippen LogP contribution in [0.25, 0.3) is 0 Å². The quantitative estimate of drug-likeness (QED) is 0.400. The van der Waals surface area contributed by atoms with Crippen molar-refractivity contribution in [1.29, 1.82) is 0 Å². The van der Waals surface area contributed by atoms with Crippen LogP contribution in [0, 0.1) is 0 Å². The van der Waals surface area contributed by atoms with Gasteiger partial charge in [-0.1, -0.05) is 17.8 Å². The summed E-state index contributed by atoms with van der Waals surface area (Å²) in [5, 5.41) is 5.13. The predicted molar refractivity (Wildman–Crippen MR) is 119 cm³/mol. The fraction of sp³-hybridized carbons (Fsp3) is 0.318. The number of hydrogen-bond acceptors (Lipinski definition) is 5. The van der Waals surface area contributed by atoms with Crippen LogP contribution in [0.1, 0.15) is 34.5 Å². The van der Waals surface area contributed by atoms with E-state index in [1.54, 1.807) is 15.9 Å². The van der Waals surface area contributed by atoms with E-state index < -0.39 is 11.7 Å². The number of anilines is 1. The highest BCUT2D eigenvalue weighted by atomic mass is 32.2. The number of carbonyl (C=O) groups is 1. The Labute approximate surface area is 190 Å². The van der Waals surface area contributed by atoms with Crippen LogP contribution >= 0.6 is 23.1 Å². The maximum Gasteiger partial charge on any atom is 0.416 e. The number of thioether (sulfide) groups is 1. The minimum Gasteiger partial charge on any atom is -0.325 e. The normalized spacial score (nSPS) is 13.6. The van der Waals surface area contributed by atoms with Gasteiger partial charge in [0.1, 0.15) is 5.03 Å². The molecular weight excluding hydrogens is 459 g/mol. The number of fused-ring (bicyclic) bond motifs is 1. The van der Waals surface area contributed by atoms with Gasteiger partial charge in [-0.2, -0.15) is 18.2 Å². The van der Waals surface area contributed by atoms with Crippen molar-refractivity contribution in [3.8, 4) is 0 Å². The molecule has 0 radical (unpaired) electrons. The molecule has 0 aliphatic heterocycles. The molecule has 32 heavy (non-hydrogen) atoms. The Kier molecular flexibility index (Phi) is 6.71. The number of nitrogens with one attached hydrogen (secondary N) is 1.